The van der Waals surface area contributed by atoms with Crippen LogP contribution in [0.5, 0.6) is 0 Å². The number of nitrogens with zero attached hydrogens (tertiary/aromatic N) is 4. The van der Waals surface area contributed by atoms with E-state index in [2.05, 4.69) is 45.3 Å². The first-order chi connectivity index (χ1) is 13.2. The molecule has 5 rings (SSSR count). The van der Waals surface area contributed by atoms with Crippen molar-refractivity contribution in [3.63, 3.8) is 0 Å². The topological polar surface area (TPSA) is 77.0 Å². The van der Waals surface area contributed by atoms with Gasteiger partial charge in [0.25, 0.3) is 0 Å². The molecule has 0 saturated heterocycles. The largest absolute Gasteiger partial charge is 0.387 e. The van der Waals surface area contributed by atoms with E-state index in [0.29, 0.717) is 5.84 Å². The third-order valence-electron chi connectivity index (χ3n) is 4.88. The molecule has 0 atom stereocenters. The summed E-state index contributed by atoms with van der Waals surface area (Å²) < 4.78 is 0. The van der Waals surface area contributed by atoms with Crippen LogP contribution >= 0.6 is 0 Å². The molecule has 0 fully saturated rings. The Balaban J connectivity index is 1.61. The molecule has 0 radical (unpaired) electrons. The summed E-state index contributed by atoms with van der Waals surface area (Å²) in [5.41, 5.74) is 14.7. The summed E-state index contributed by atoms with van der Waals surface area (Å²) in [6.07, 6.45) is 4.32. The lowest BCUT2D eigenvalue weighted by Crippen LogP contribution is -2.09. The zero-order chi connectivity index (χ0) is 18.4. The molecular weight excluding hydrogens is 334 g/mol. The molecule has 130 valence electrons. The average Bonchev–Trinajstić information content (AvgIpc) is 3.06. The SMILES string of the molecule is Cc1ncccc1-c1cnc2ccc(-c3ccc4c(c3)N=C(N)C4)cc2n1. The fourth-order valence-corrected chi connectivity index (χ4v) is 3.46. The first-order valence-corrected chi connectivity index (χ1v) is 8.82. The molecule has 0 unspecified atom stereocenters. The highest BCUT2D eigenvalue weighted by Gasteiger charge is 2.13. The summed E-state index contributed by atoms with van der Waals surface area (Å²) in [5.74, 6) is 0.669. The van der Waals surface area contributed by atoms with Crippen LogP contribution in [0.1, 0.15) is 11.3 Å². The van der Waals surface area contributed by atoms with Crippen molar-refractivity contribution in [1.82, 2.24) is 15.0 Å². The summed E-state index contributed by atoms with van der Waals surface area (Å²) in [5, 5.41) is 0. The molecule has 0 spiro atoms. The second-order valence-corrected chi connectivity index (χ2v) is 6.72. The molecule has 0 amide bonds. The maximum absolute atomic E-state index is 5.86. The maximum atomic E-state index is 5.86. The minimum atomic E-state index is 0.669. The predicted octanol–water partition coefficient (Wildman–Crippen LogP) is 4.21. The molecule has 3 heterocycles. The first-order valence-electron chi connectivity index (χ1n) is 8.82. The lowest BCUT2D eigenvalue weighted by molar-refractivity contribution is 1.18. The van der Waals surface area contributed by atoms with Crippen molar-refractivity contribution < 1.29 is 0 Å². The van der Waals surface area contributed by atoms with Gasteiger partial charge in [-0.15, -0.1) is 0 Å². The van der Waals surface area contributed by atoms with Crippen molar-refractivity contribution in [2.24, 2.45) is 10.7 Å². The van der Waals surface area contributed by atoms with Gasteiger partial charge in [0.05, 0.1) is 28.6 Å². The van der Waals surface area contributed by atoms with Crippen LogP contribution in [-0.4, -0.2) is 20.8 Å². The van der Waals surface area contributed by atoms with Gasteiger partial charge in [-0.3, -0.25) is 9.97 Å². The number of pyridine rings is 1. The van der Waals surface area contributed by atoms with Gasteiger partial charge in [0.15, 0.2) is 0 Å². The Morgan fingerprint density at radius 3 is 2.67 bits per heavy atom. The molecular formula is C22H17N5. The Labute approximate surface area is 156 Å². The number of benzene rings is 2. The summed E-state index contributed by atoms with van der Waals surface area (Å²) in [7, 11) is 0. The van der Waals surface area contributed by atoms with Crippen molar-refractivity contribution in [2.45, 2.75) is 13.3 Å². The number of amidine groups is 1. The molecule has 2 aromatic heterocycles. The second-order valence-electron chi connectivity index (χ2n) is 6.72. The normalized spacial score (nSPS) is 12.9. The average molecular weight is 351 g/mol. The molecule has 5 heteroatoms. The highest BCUT2D eigenvalue weighted by Crippen LogP contribution is 2.32. The second kappa shape index (κ2) is 5.99. The van der Waals surface area contributed by atoms with Crippen LogP contribution < -0.4 is 5.73 Å². The van der Waals surface area contributed by atoms with Crippen molar-refractivity contribution in [2.75, 3.05) is 0 Å². The lowest BCUT2D eigenvalue weighted by Gasteiger charge is -2.08. The number of hydrogen-bond acceptors (Lipinski definition) is 5. The van der Waals surface area contributed by atoms with Crippen molar-refractivity contribution >= 4 is 22.6 Å². The summed E-state index contributed by atoms with van der Waals surface area (Å²) in [4.78, 5) is 18.2. The number of aromatic nitrogens is 3. The standard InChI is InChI=1S/C22H17N5/c1-13-17(3-2-8-24-13)21-12-25-18-7-6-15(10-20(18)26-21)14-4-5-16-11-22(23)27-19(16)9-14/h2-10,12H,11H2,1H3,(H2,23,27). The molecule has 0 saturated carbocycles. The van der Waals surface area contributed by atoms with E-state index in [-0.39, 0.29) is 0 Å². The number of nitrogens with two attached hydrogens (primary N) is 1. The summed E-state index contributed by atoms with van der Waals surface area (Å²) >= 11 is 0. The smallest absolute Gasteiger partial charge is 0.104 e. The van der Waals surface area contributed by atoms with Gasteiger partial charge in [0.2, 0.25) is 0 Å². The van der Waals surface area contributed by atoms with Gasteiger partial charge in [-0.2, -0.15) is 0 Å². The monoisotopic (exact) mass is 351 g/mol. The van der Waals surface area contributed by atoms with E-state index in [1.54, 1.807) is 12.4 Å². The van der Waals surface area contributed by atoms with Gasteiger partial charge in [0, 0.05) is 23.9 Å². The van der Waals surface area contributed by atoms with Gasteiger partial charge in [-0.25, -0.2) is 9.98 Å². The number of hydrogen-bond donors (Lipinski definition) is 1. The molecule has 0 bridgehead atoms. The molecule has 5 nitrogen and oxygen atoms in total. The minimum absolute atomic E-state index is 0.669. The van der Waals surface area contributed by atoms with Crippen LogP contribution in [0.4, 0.5) is 5.69 Å². The minimum Gasteiger partial charge on any atom is -0.387 e. The van der Waals surface area contributed by atoms with Gasteiger partial charge in [-0.05, 0) is 53.9 Å². The Bertz CT molecular complexity index is 1230. The maximum Gasteiger partial charge on any atom is 0.104 e. The molecule has 2 N–H and O–H groups in total. The third kappa shape index (κ3) is 2.73. The van der Waals surface area contributed by atoms with E-state index in [9.17, 15) is 0 Å². The van der Waals surface area contributed by atoms with E-state index in [1.807, 2.05) is 25.1 Å². The van der Waals surface area contributed by atoms with Crippen LogP contribution in [0.3, 0.4) is 0 Å². The fraction of sp³-hybridized carbons (Fsp3) is 0.0909. The van der Waals surface area contributed by atoms with Gasteiger partial charge >= 0.3 is 0 Å². The molecule has 4 aromatic rings. The van der Waals surface area contributed by atoms with Gasteiger partial charge in [0.1, 0.15) is 5.84 Å². The highest BCUT2D eigenvalue weighted by molar-refractivity contribution is 5.92. The fourth-order valence-electron chi connectivity index (χ4n) is 3.46. The van der Waals surface area contributed by atoms with Gasteiger partial charge < -0.3 is 5.73 Å². The number of aliphatic imine (C=N–C) groups is 1. The van der Waals surface area contributed by atoms with E-state index in [0.717, 1.165) is 51.2 Å². The Kier molecular flexibility index (Phi) is 3.47. The van der Waals surface area contributed by atoms with Crippen molar-refractivity contribution in [3.05, 3.63) is 72.2 Å². The van der Waals surface area contributed by atoms with Crippen LogP contribution in [0, 0.1) is 6.92 Å². The molecule has 27 heavy (non-hydrogen) atoms. The highest BCUT2D eigenvalue weighted by atomic mass is 14.9. The number of fused-ring (bicyclic) bond motifs is 2. The van der Waals surface area contributed by atoms with E-state index < -0.39 is 0 Å². The number of rotatable bonds is 2. The van der Waals surface area contributed by atoms with Crippen molar-refractivity contribution in [3.8, 4) is 22.4 Å². The van der Waals surface area contributed by atoms with Crippen LogP contribution in [0.25, 0.3) is 33.4 Å². The van der Waals surface area contributed by atoms with Crippen LogP contribution in [-0.2, 0) is 6.42 Å². The molecule has 1 aliphatic heterocycles. The Hall–Kier alpha value is -3.60. The van der Waals surface area contributed by atoms with E-state index >= 15 is 0 Å². The Morgan fingerprint density at radius 1 is 0.926 bits per heavy atom. The van der Waals surface area contributed by atoms with E-state index in [1.165, 1.54) is 5.56 Å². The third-order valence-corrected chi connectivity index (χ3v) is 4.88. The van der Waals surface area contributed by atoms with Crippen LogP contribution in [0.15, 0.2) is 65.9 Å². The van der Waals surface area contributed by atoms with E-state index in [4.69, 9.17) is 10.7 Å². The quantitative estimate of drug-likeness (QED) is 0.587. The lowest BCUT2D eigenvalue weighted by atomic mass is 10.0. The summed E-state index contributed by atoms with van der Waals surface area (Å²) in [6, 6.07) is 16.4. The predicted molar refractivity (Wildman–Crippen MR) is 108 cm³/mol. The van der Waals surface area contributed by atoms with Crippen molar-refractivity contribution in [1.29, 1.82) is 0 Å². The Morgan fingerprint density at radius 2 is 1.78 bits per heavy atom. The molecule has 1 aliphatic rings. The molecule has 0 aliphatic carbocycles. The number of aryl methyl sites for hydroxylation is 1. The van der Waals surface area contributed by atoms with Gasteiger partial charge in [-0.1, -0.05) is 18.2 Å². The molecule has 2 aromatic carbocycles. The van der Waals surface area contributed by atoms with Crippen LogP contribution in [0.2, 0.25) is 0 Å². The first kappa shape index (κ1) is 15.6. The zero-order valence-corrected chi connectivity index (χ0v) is 14.8. The summed E-state index contributed by atoms with van der Waals surface area (Å²) in [6.45, 7) is 1.98. The zero-order valence-electron chi connectivity index (χ0n) is 14.8.